The SMILES string of the molecule is NC(=O)c1ccccc1NC(=O)C[NH+]1CCN(c2ccccc2F)CC1. The van der Waals surface area contributed by atoms with Gasteiger partial charge >= 0.3 is 0 Å². The van der Waals surface area contributed by atoms with Crippen molar-refractivity contribution in [2.45, 2.75) is 0 Å². The van der Waals surface area contributed by atoms with Crippen molar-refractivity contribution in [3.63, 3.8) is 0 Å². The zero-order chi connectivity index (χ0) is 18.5. The number of rotatable bonds is 5. The van der Waals surface area contributed by atoms with E-state index in [0.29, 0.717) is 30.0 Å². The van der Waals surface area contributed by atoms with Crippen LogP contribution >= 0.6 is 0 Å². The summed E-state index contributed by atoms with van der Waals surface area (Å²) in [5, 5.41) is 2.76. The highest BCUT2D eigenvalue weighted by Gasteiger charge is 2.24. The maximum Gasteiger partial charge on any atom is 0.279 e. The number of piperazine rings is 1. The average Bonchev–Trinajstić information content (AvgIpc) is 2.63. The van der Waals surface area contributed by atoms with Crippen molar-refractivity contribution in [3.8, 4) is 0 Å². The Morgan fingerprint density at radius 3 is 2.42 bits per heavy atom. The minimum Gasteiger partial charge on any atom is -0.366 e. The molecule has 1 aliphatic rings. The molecule has 0 spiro atoms. The molecule has 0 atom stereocenters. The first-order valence-corrected chi connectivity index (χ1v) is 8.56. The topological polar surface area (TPSA) is 79.9 Å². The number of quaternary nitrogens is 1. The van der Waals surface area contributed by atoms with Gasteiger partial charge < -0.3 is 20.9 Å². The third kappa shape index (κ3) is 4.18. The van der Waals surface area contributed by atoms with Crippen LogP contribution < -0.4 is 20.9 Å². The second-order valence-electron chi connectivity index (χ2n) is 6.32. The molecule has 1 aliphatic heterocycles. The zero-order valence-corrected chi connectivity index (χ0v) is 14.4. The van der Waals surface area contributed by atoms with Crippen LogP contribution in [0.1, 0.15) is 10.4 Å². The standard InChI is InChI=1S/C19H21FN4O2/c20-15-6-2-4-8-17(15)24-11-9-23(10-12-24)13-18(25)22-16-7-3-1-5-14(16)19(21)26/h1-8H,9-13H2,(H2,21,26)(H,22,25)/p+1. The number of halogens is 1. The number of nitrogens with one attached hydrogen (secondary N) is 2. The van der Waals surface area contributed by atoms with Gasteiger partial charge in [0, 0.05) is 0 Å². The summed E-state index contributed by atoms with van der Waals surface area (Å²) in [5.41, 5.74) is 6.65. The van der Waals surface area contributed by atoms with Crippen molar-refractivity contribution in [2.75, 3.05) is 42.9 Å². The molecule has 0 radical (unpaired) electrons. The summed E-state index contributed by atoms with van der Waals surface area (Å²) >= 11 is 0. The predicted octanol–water partition coefficient (Wildman–Crippen LogP) is 0.268. The smallest absolute Gasteiger partial charge is 0.279 e. The monoisotopic (exact) mass is 357 g/mol. The Balaban J connectivity index is 1.54. The summed E-state index contributed by atoms with van der Waals surface area (Å²) in [6.45, 7) is 3.12. The van der Waals surface area contributed by atoms with E-state index in [1.165, 1.54) is 6.07 Å². The third-order valence-electron chi connectivity index (χ3n) is 4.54. The fourth-order valence-corrected chi connectivity index (χ4v) is 3.18. The molecular formula is C19H22FN4O2+. The van der Waals surface area contributed by atoms with Crippen molar-refractivity contribution >= 4 is 23.2 Å². The van der Waals surface area contributed by atoms with Gasteiger partial charge in [-0.05, 0) is 24.3 Å². The van der Waals surface area contributed by atoms with Gasteiger partial charge in [-0.15, -0.1) is 0 Å². The summed E-state index contributed by atoms with van der Waals surface area (Å²) in [7, 11) is 0. The van der Waals surface area contributed by atoms with Gasteiger partial charge in [0.1, 0.15) is 5.82 Å². The Morgan fingerprint density at radius 2 is 1.73 bits per heavy atom. The number of para-hydroxylation sites is 2. The van der Waals surface area contributed by atoms with E-state index in [1.54, 1.807) is 36.4 Å². The van der Waals surface area contributed by atoms with Crippen LogP contribution in [0.2, 0.25) is 0 Å². The lowest BCUT2D eigenvalue weighted by molar-refractivity contribution is -0.892. The van der Waals surface area contributed by atoms with Crippen molar-refractivity contribution in [2.24, 2.45) is 5.73 Å². The van der Waals surface area contributed by atoms with Gasteiger partial charge in [0.05, 0.1) is 43.1 Å². The first kappa shape index (κ1) is 17.9. The van der Waals surface area contributed by atoms with E-state index in [-0.39, 0.29) is 18.3 Å². The number of hydrogen-bond donors (Lipinski definition) is 3. The van der Waals surface area contributed by atoms with E-state index in [9.17, 15) is 14.0 Å². The molecule has 1 heterocycles. The maximum absolute atomic E-state index is 13.9. The van der Waals surface area contributed by atoms with Gasteiger partial charge in [0.15, 0.2) is 6.54 Å². The van der Waals surface area contributed by atoms with Gasteiger partial charge in [0.25, 0.3) is 11.8 Å². The average molecular weight is 357 g/mol. The number of hydrogen-bond acceptors (Lipinski definition) is 3. The molecule has 136 valence electrons. The summed E-state index contributed by atoms with van der Waals surface area (Å²) < 4.78 is 13.9. The van der Waals surface area contributed by atoms with E-state index in [0.717, 1.165) is 18.0 Å². The molecule has 2 amide bonds. The van der Waals surface area contributed by atoms with Gasteiger partial charge in [-0.25, -0.2) is 4.39 Å². The number of carbonyl (C=O) groups is 2. The predicted molar refractivity (Wildman–Crippen MR) is 97.8 cm³/mol. The zero-order valence-electron chi connectivity index (χ0n) is 14.4. The minimum atomic E-state index is -0.577. The van der Waals surface area contributed by atoms with Crippen molar-refractivity contribution in [1.82, 2.24) is 0 Å². The molecule has 26 heavy (non-hydrogen) atoms. The molecule has 0 aliphatic carbocycles. The fourth-order valence-electron chi connectivity index (χ4n) is 3.18. The lowest BCUT2D eigenvalue weighted by Gasteiger charge is -2.33. The number of primary amides is 1. The van der Waals surface area contributed by atoms with Crippen LogP contribution in [0.5, 0.6) is 0 Å². The van der Waals surface area contributed by atoms with Crippen molar-refractivity contribution < 1.29 is 18.9 Å². The molecule has 0 unspecified atom stereocenters. The molecule has 0 bridgehead atoms. The molecule has 0 saturated carbocycles. The number of benzene rings is 2. The molecule has 0 aromatic heterocycles. The molecule has 2 aromatic carbocycles. The normalized spacial score (nSPS) is 14.9. The number of carbonyl (C=O) groups excluding carboxylic acids is 2. The Kier molecular flexibility index (Phi) is 5.48. The molecule has 3 rings (SSSR count). The van der Waals surface area contributed by atoms with Crippen LogP contribution in [0.25, 0.3) is 0 Å². The van der Waals surface area contributed by atoms with Gasteiger partial charge in [0.2, 0.25) is 0 Å². The van der Waals surface area contributed by atoms with E-state index < -0.39 is 5.91 Å². The molecule has 6 nitrogen and oxygen atoms in total. The molecule has 7 heteroatoms. The Hall–Kier alpha value is -2.93. The Bertz CT molecular complexity index is 804. The number of nitrogens with zero attached hydrogens (tertiary/aromatic N) is 1. The first-order chi connectivity index (χ1) is 12.5. The van der Waals surface area contributed by atoms with Crippen molar-refractivity contribution in [1.29, 1.82) is 0 Å². The summed E-state index contributed by atoms with van der Waals surface area (Å²) in [6, 6.07) is 13.4. The van der Waals surface area contributed by atoms with E-state index in [2.05, 4.69) is 5.32 Å². The largest absolute Gasteiger partial charge is 0.366 e. The fraction of sp³-hybridized carbons (Fsp3) is 0.263. The molecule has 1 fully saturated rings. The van der Waals surface area contributed by atoms with E-state index in [1.807, 2.05) is 11.0 Å². The highest BCUT2D eigenvalue weighted by Crippen LogP contribution is 2.18. The van der Waals surface area contributed by atoms with Crippen molar-refractivity contribution in [3.05, 3.63) is 59.9 Å². The molecule has 4 N–H and O–H groups in total. The number of nitrogens with two attached hydrogens (primary N) is 1. The number of anilines is 2. The second kappa shape index (κ2) is 7.97. The molecule has 1 saturated heterocycles. The van der Waals surface area contributed by atoms with Crippen LogP contribution in [0.15, 0.2) is 48.5 Å². The van der Waals surface area contributed by atoms with E-state index >= 15 is 0 Å². The lowest BCUT2D eigenvalue weighted by atomic mass is 10.1. The van der Waals surface area contributed by atoms with Crippen LogP contribution in [0.4, 0.5) is 15.8 Å². The van der Waals surface area contributed by atoms with Gasteiger partial charge in [-0.1, -0.05) is 24.3 Å². The van der Waals surface area contributed by atoms with Gasteiger partial charge in [-0.2, -0.15) is 0 Å². The summed E-state index contributed by atoms with van der Waals surface area (Å²) in [4.78, 5) is 26.8. The first-order valence-electron chi connectivity index (χ1n) is 8.56. The third-order valence-corrected chi connectivity index (χ3v) is 4.54. The number of amides is 2. The summed E-state index contributed by atoms with van der Waals surface area (Å²) in [6.07, 6.45) is 0. The highest BCUT2D eigenvalue weighted by molar-refractivity contribution is 6.03. The molecular weight excluding hydrogens is 335 g/mol. The molecule has 2 aromatic rings. The minimum absolute atomic E-state index is 0.173. The van der Waals surface area contributed by atoms with Gasteiger partial charge in [-0.3, -0.25) is 9.59 Å². The Labute approximate surface area is 151 Å². The van der Waals surface area contributed by atoms with Crippen LogP contribution in [-0.2, 0) is 4.79 Å². The lowest BCUT2D eigenvalue weighted by Crippen LogP contribution is -3.15. The highest BCUT2D eigenvalue weighted by atomic mass is 19.1. The maximum atomic E-state index is 13.9. The van der Waals surface area contributed by atoms with Crippen LogP contribution in [0, 0.1) is 5.82 Å². The van der Waals surface area contributed by atoms with E-state index in [4.69, 9.17) is 5.73 Å². The van der Waals surface area contributed by atoms with Crippen LogP contribution in [0.3, 0.4) is 0 Å². The quantitative estimate of drug-likeness (QED) is 0.719. The Morgan fingerprint density at radius 1 is 1.08 bits per heavy atom. The second-order valence-corrected chi connectivity index (χ2v) is 6.32. The van der Waals surface area contributed by atoms with Crippen LogP contribution in [-0.4, -0.2) is 44.5 Å². The summed E-state index contributed by atoms with van der Waals surface area (Å²) in [5.74, 6) is -0.975.